The van der Waals surface area contributed by atoms with Crippen LogP contribution >= 0.6 is 0 Å². The highest BCUT2D eigenvalue weighted by Gasteiger charge is 2.00. The van der Waals surface area contributed by atoms with E-state index in [1.54, 1.807) is 13.0 Å². The smallest absolute Gasteiger partial charge is 0.0672 e. The van der Waals surface area contributed by atoms with Crippen molar-refractivity contribution in [1.29, 1.82) is 0 Å². The Kier molecular flexibility index (Phi) is 7.47. The maximum atomic E-state index is 10.7. The van der Waals surface area contributed by atoms with Gasteiger partial charge in [-0.2, -0.15) is 0 Å². The van der Waals surface area contributed by atoms with Gasteiger partial charge in [0.1, 0.15) is 0 Å². The van der Waals surface area contributed by atoms with E-state index >= 15 is 0 Å². The SMILES string of the molecule is C/C(=C\C1=C/CCCCCCCCCC1)C(=O)[O-]. The van der Waals surface area contributed by atoms with Gasteiger partial charge in [0.15, 0.2) is 0 Å². The molecule has 0 aromatic carbocycles. The van der Waals surface area contributed by atoms with Gasteiger partial charge < -0.3 is 9.90 Å². The third-order valence-electron chi connectivity index (χ3n) is 3.55. The Morgan fingerprint density at radius 2 is 1.61 bits per heavy atom. The monoisotopic (exact) mass is 249 g/mol. The summed E-state index contributed by atoms with van der Waals surface area (Å²) in [5, 5.41) is 10.7. The predicted molar refractivity (Wildman–Crippen MR) is 73.0 cm³/mol. The van der Waals surface area contributed by atoms with Gasteiger partial charge in [-0.3, -0.25) is 0 Å². The van der Waals surface area contributed by atoms with Crippen LogP contribution in [0, 0.1) is 0 Å². The van der Waals surface area contributed by atoms with Gasteiger partial charge in [0.25, 0.3) is 0 Å². The Hall–Kier alpha value is -1.05. The molecule has 0 saturated carbocycles. The van der Waals surface area contributed by atoms with Crippen LogP contribution in [-0.2, 0) is 4.79 Å². The fraction of sp³-hybridized carbons (Fsp3) is 0.688. The Balaban J connectivity index is 2.59. The second-order valence-electron chi connectivity index (χ2n) is 5.26. The molecule has 0 N–H and O–H groups in total. The molecule has 0 aliphatic heterocycles. The molecule has 2 nitrogen and oxygen atoms in total. The largest absolute Gasteiger partial charge is 0.545 e. The van der Waals surface area contributed by atoms with E-state index in [0.29, 0.717) is 5.57 Å². The maximum Gasteiger partial charge on any atom is 0.0672 e. The molecule has 1 aliphatic rings. The molecule has 1 aliphatic carbocycles. The first kappa shape index (κ1) is 15.0. The summed E-state index contributed by atoms with van der Waals surface area (Å²) in [7, 11) is 0. The maximum absolute atomic E-state index is 10.7. The second-order valence-corrected chi connectivity index (χ2v) is 5.26. The summed E-state index contributed by atoms with van der Waals surface area (Å²) in [4.78, 5) is 10.7. The van der Waals surface area contributed by atoms with E-state index in [9.17, 15) is 9.90 Å². The average Bonchev–Trinajstić information content (AvgIpc) is 2.32. The fourth-order valence-corrected chi connectivity index (χ4v) is 2.39. The van der Waals surface area contributed by atoms with Crippen LogP contribution in [-0.4, -0.2) is 5.97 Å². The van der Waals surface area contributed by atoms with E-state index in [0.717, 1.165) is 12.8 Å². The highest BCUT2D eigenvalue weighted by molar-refractivity contribution is 5.84. The number of carbonyl (C=O) groups is 1. The highest BCUT2D eigenvalue weighted by Crippen LogP contribution is 2.18. The molecule has 0 aromatic rings. The topological polar surface area (TPSA) is 40.1 Å². The van der Waals surface area contributed by atoms with Gasteiger partial charge in [0, 0.05) is 0 Å². The van der Waals surface area contributed by atoms with Gasteiger partial charge in [0.2, 0.25) is 0 Å². The van der Waals surface area contributed by atoms with Crippen LogP contribution < -0.4 is 5.11 Å². The van der Waals surface area contributed by atoms with Crippen molar-refractivity contribution in [3.05, 3.63) is 23.3 Å². The first-order valence-corrected chi connectivity index (χ1v) is 7.29. The van der Waals surface area contributed by atoms with Crippen LogP contribution in [0.25, 0.3) is 0 Å². The molecular formula is C16H25O2-. The van der Waals surface area contributed by atoms with Crippen molar-refractivity contribution in [2.24, 2.45) is 0 Å². The van der Waals surface area contributed by atoms with Gasteiger partial charge in [-0.25, -0.2) is 0 Å². The van der Waals surface area contributed by atoms with Crippen molar-refractivity contribution in [2.45, 2.75) is 71.1 Å². The van der Waals surface area contributed by atoms with E-state index in [1.165, 1.54) is 56.9 Å². The van der Waals surface area contributed by atoms with Crippen molar-refractivity contribution in [3.63, 3.8) is 0 Å². The standard InChI is InChI=1S/C16H26O2/c1-14(16(17)18)13-15-11-9-7-5-3-2-4-6-8-10-12-15/h11,13H,2-10,12H2,1H3,(H,17,18)/p-1/b14-13+,15-11-. The summed E-state index contributed by atoms with van der Waals surface area (Å²) in [6.07, 6.45) is 16.4. The lowest BCUT2D eigenvalue weighted by Gasteiger charge is -2.08. The number of carbonyl (C=O) groups excluding carboxylic acids is 1. The van der Waals surface area contributed by atoms with Crippen LogP contribution in [0.15, 0.2) is 23.3 Å². The summed E-state index contributed by atoms with van der Waals surface area (Å²) in [6.45, 7) is 1.62. The molecule has 1 rings (SSSR count). The highest BCUT2D eigenvalue weighted by atomic mass is 16.4. The molecule has 0 spiro atoms. The van der Waals surface area contributed by atoms with Crippen molar-refractivity contribution >= 4 is 5.97 Å². The Labute approximate surface area is 111 Å². The zero-order valence-electron chi connectivity index (χ0n) is 11.5. The first-order chi connectivity index (χ1) is 8.70. The molecule has 0 atom stereocenters. The normalized spacial score (nSPS) is 23.4. The van der Waals surface area contributed by atoms with Crippen LogP contribution in [0.2, 0.25) is 0 Å². The molecule has 0 heterocycles. The van der Waals surface area contributed by atoms with Crippen LogP contribution in [0.3, 0.4) is 0 Å². The van der Waals surface area contributed by atoms with Crippen molar-refractivity contribution in [1.82, 2.24) is 0 Å². The summed E-state index contributed by atoms with van der Waals surface area (Å²) < 4.78 is 0. The molecule has 2 heteroatoms. The summed E-state index contributed by atoms with van der Waals surface area (Å²) in [5.41, 5.74) is 1.52. The molecule has 0 fully saturated rings. The minimum atomic E-state index is -1.05. The minimum absolute atomic E-state index is 0.341. The van der Waals surface area contributed by atoms with Crippen LogP contribution in [0.4, 0.5) is 0 Å². The van der Waals surface area contributed by atoms with Crippen molar-refractivity contribution < 1.29 is 9.90 Å². The Bertz CT molecular complexity index is 313. The summed E-state index contributed by atoms with van der Waals surface area (Å²) in [5.74, 6) is -1.05. The van der Waals surface area contributed by atoms with Crippen molar-refractivity contribution in [2.75, 3.05) is 0 Å². The zero-order valence-corrected chi connectivity index (χ0v) is 11.5. The second kappa shape index (κ2) is 8.96. The van der Waals surface area contributed by atoms with Crippen LogP contribution in [0.5, 0.6) is 0 Å². The lowest BCUT2D eigenvalue weighted by Crippen LogP contribution is -2.23. The fourth-order valence-electron chi connectivity index (χ4n) is 2.39. The van der Waals surface area contributed by atoms with E-state index in [1.807, 2.05) is 0 Å². The molecule has 0 saturated heterocycles. The minimum Gasteiger partial charge on any atom is -0.545 e. The number of hydrogen-bond acceptors (Lipinski definition) is 2. The van der Waals surface area contributed by atoms with Crippen LogP contribution in [0.1, 0.15) is 71.1 Å². The van der Waals surface area contributed by atoms with Crippen molar-refractivity contribution in [3.8, 4) is 0 Å². The molecular weight excluding hydrogens is 224 g/mol. The molecule has 18 heavy (non-hydrogen) atoms. The van der Waals surface area contributed by atoms with Gasteiger partial charge in [-0.1, -0.05) is 56.3 Å². The molecule has 0 unspecified atom stereocenters. The quantitative estimate of drug-likeness (QED) is 0.702. The summed E-state index contributed by atoms with van der Waals surface area (Å²) >= 11 is 0. The number of rotatable bonds is 2. The zero-order chi connectivity index (χ0) is 13.2. The number of carboxylic acids is 1. The third kappa shape index (κ3) is 6.63. The third-order valence-corrected chi connectivity index (χ3v) is 3.55. The molecule has 0 amide bonds. The van der Waals surface area contributed by atoms with Gasteiger partial charge in [0.05, 0.1) is 5.97 Å². The number of carboxylic acid groups (broad SMARTS) is 1. The number of aliphatic carboxylic acids is 1. The molecule has 0 bridgehead atoms. The Morgan fingerprint density at radius 1 is 1.06 bits per heavy atom. The first-order valence-electron chi connectivity index (χ1n) is 7.29. The predicted octanol–water partition coefficient (Wildman–Crippen LogP) is 3.52. The molecule has 102 valence electrons. The average molecular weight is 249 g/mol. The number of hydrogen-bond donors (Lipinski definition) is 0. The Morgan fingerprint density at radius 3 is 2.22 bits per heavy atom. The summed E-state index contributed by atoms with van der Waals surface area (Å²) in [6, 6.07) is 0. The molecule has 0 radical (unpaired) electrons. The molecule has 0 aromatic heterocycles. The van der Waals surface area contributed by atoms with E-state index in [4.69, 9.17) is 0 Å². The van der Waals surface area contributed by atoms with E-state index < -0.39 is 5.97 Å². The van der Waals surface area contributed by atoms with Gasteiger partial charge >= 0.3 is 0 Å². The van der Waals surface area contributed by atoms with Gasteiger partial charge in [-0.05, 0) is 38.2 Å². The lowest BCUT2D eigenvalue weighted by atomic mass is 9.99. The van der Waals surface area contributed by atoms with Gasteiger partial charge in [-0.15, -0.1) is 0 Å². The lowest BCUT2D eigenvalue weighted by molar-refractivity contribution is -0.299. The van der Waals surface area contributed by atoms with E-state index in [2.05, 4.69) is 6.08 Å². The van der Waals surface area contributed by atoms with E-state index in [-0.39, 0.29) is 0 Å². The number of allylic oxidation sites excluding steroid dienone is 3.